The van der Waals surface area contributed by atoms with Crippen LogP contribution in [0, 0.1) is 6.92 Å². The summed E-state index contributed by atoms with van der Waals surface area (Å²) in [6.07, 6.45) is 6.07. The third kappa shape index (κ3) is 2.69. The third-order valence-electron chi connectivity index (χ3n) is 4.01. The van der Waals surface area contributed by atoms with Crippen molar-refractivity contribution in [3.63, 3.8) is 0 Å². The third-order valence-corrected chi connectivity index (χ3v) is 4.01. The van der Waals surface area contributed by atoms with Crippen LogP contribution in [0.5, 0.6) is 0 Å². The number of nitrogens with zero attached hydrogens (tertiary/aromatic N) is 2. The number of aliphatic hydroxyl groups is 1. The van der Waals surface area contributed by atoms with Crippen molar-refractivity contribution in [3.8, 4) is 0 Å². The fourth-order valence-electron chi connectivity index (χ4n) is 2.60. The zero-order valence-corrected chi connectivity index (χ0v) is 11.0. The van der Waals surface area contributed by atoms with E-state index in [-0.39, 0.29) is 6.04 Å². The van der Waals surface area contributed by atoms with Gasteiger partial charge in [-0.1, -0.05) is 12.8 Å². The fourth-order valence-corrected chi connectivity index (χ4v) is 2.60. The Hall–Kier alpha value is -0.870. The fraction of sp³-hybridized carbons (Fsp3) is 0.769. The van der Waals surface area contributed by atoms with Crippen LogP contribution in [-0.2, 0) is 7.05 Å². The number of nitrogens with one attached hydrogen (secondary N) is 1. The van der Waals surface area contributed by atoms with Gasteiger partial charge in [-0.25, -0.2) is 0 Å². The molecule has 1 aliphatic rings. The topological polar surface area (TPSA) is 50.1 Å². The van der Waals surface area contributed by atoms with Crippen molar-refractivity contribution < 1.29 is 5.11 Å². The van der Waals surface area contributed by atoms with Gasteiger partial charge >= 0.3 is 0 Å². The van der Waals surface area contributed by atoms with E-state index in [1.54, 1.807) is 0 Å². The summed E-state index contributed by atoms with van der Waals surface area (Å²) in [7, 11) is 1.95. The molecule has 1 aliphatic carbocycles. The molecule has 1 unspecified atom stereocenters. The summed E-state index contributed by atoms with van der Waals surface area (Å²) in [6, 6.07) is 0.244. The maximum absolute atomic E-state index is 10.3. The summed E-state index contributed by atoms with van der Waals surface area (Å²) in [6.45, 7) is 4.88. The lowest BCUT2D eigenvalue weighted by Gasteiger charge is -2.25. The summed E-state index contributed by atoms with van der Waals surface area (Å²) in [4.78, 5) is 0. The van der Waals surface area contributed by atoms with Gasteiger partial charge in [-0.05, 0) is 26.7 Å². The molecule has 0 saturated heterocycles. The molecule has 17 heavy (non-hydrogen) atoms. The van der Waals surface area contributed by atoms with Crippen molar-refractivity contribution in [3.05, 3.63) is 17.5 Å². The maximum Gasteiger partial charge on any atom is 0.0771 e. The first-order chi connectivity index (χ1) is 8.02. The maximum atomic E-state index is 10.3. The summed E-state index contributed by atoms with van der Waals surface area (Å²) in [5.41, 5.74) is 1.92. The highest BCUT2D eigenvalue weighted by Gasteiger charge is 2.31. The van der Waals surface area contributed by atoms with Crippen molar-refractivity contribution >= 4 is 0 Å². The van der Waals surface area contributed by atoms with E-state index in [0.717, 1.165) is 25.7 Å². The average Bonchev–Trinajstić information content (AvgIpc) is 2.86. The Morgan fingerprint density at radius 1 is 1.53 bits per heavy atom. The van der Waals surface area contributed by atoms with Crippen molar-refractivity contribution in [2.75, 3.05) is 6.54 Å². The molecule has 1 aromatic rings. The van der Waals surface area contributed by atoms with Gasteiger partial charge in [0.25, 0.3) is 0 Å². The number of aryl methyl sites for hydroxylation is 1. The zero-order chi connectivity index (χ0) is 12.5. The molecule has 0 radical (unpaired) electrons. The molecule has 1 aromatic heterocycles. The van der Waals surface area contributed by atoms with Crippen LogP contribution in [0.3, 0.4) is 0 Å². The minimum atomic E-state index is -0.482. The Morgan fingerprint density at radius 2 is 2.18 bits per heavy atom. The van der Waals surface area contributed by atoms with Crippen molar-refractivity contribution in [2.45, 2.75) is 51.2 Å². The zero-order valence-electron chi connectivity index (χ0n) is 11.0. The normalized spacial score (nSPS) is 20.7. The lowest BCUT2D eigenvalue weighted by atomic mass is 10.0. The Balaban J connectivity index is 1.93. The van der Waals surface area contributed by atoms with Gasteiger partial charge in [0.2, 0.25) is 0 Å². The second kappa shape index (κ2) is 4.78. The van der Waals surface area contributed by atoms with Crippen molar-refractivity contribution in [2.24, 2.45) is 7.05 Å². The number of aromatic nitrogens is 2. The summed E-state index contributed by atoms with van der Waals surface area (Å²) in [5.74, 6) is 0. The van der Waals surface area contributed by atoms with Crippen LogP contribution in [-0.4, -0.2) is 27.0 Å². The average molecular weight is 237 g/mol. The smallest absolute Gasteiger partial charge is 0.0771 e. The molecule has 0 aromatic carbocycles. The van der Waals surface area contributed by atoms with E-state index in [2.05, 4.69) is 24.3 Å². The van der Waals surface area contributed by atoms with Gasteiger partial charge in [-0.3, -0.25) is 4.68 Å². The van der Waals surface area contributed by atoms with Gasteiger partial charge in [0.05, 0.1) is 11.8 Å². The summed E-state index contributed by atoms with van der Waals surface area (Å²) >= 11 is 0. The van der Waals surface area contributed by atoms with Crippen LogP contribution in [0.2, 0.25) is 0 Å². The van der Waals surface area contributed by atoms with Crippen molar-refractivity contribution in [1.82, 2.24) is 15.1 Å². The number of hydrogen-bond acceptors (Lipinski definition) is 3. The Labute approximate surface area is 103 Å². The van der Waals surface area contributed by atoms with E-state index in [0.29, 0.717) is 6.54 Å². The molecule has 96 valence electrons. The largest absolute Gasteiger partial charge is 0.389 e. The minimum Gasteiger partial charge on any atom is -0.389 e. The molecular weight excluding hydrogens is 214 g/mol. The highest BCUT2D eigenvalue weighted by molar-refractivity contribution is 5.19. The van der Waals surface area contributed by atoms with Crippen LogP contribution < -0.4 is 5.32 Å². The number of rotatable bonds is 4. The highest BCUT2D eigenvalue weighted by atomic mass is 16.3. The molecule has 0 aliphatic heterocycles. The predicted molar refractivity (Wildman–Crippen MR) is 67.8 cm³/mol. The number of hydrogen-bond donors (Lipinski definition) is 2. The van der Waals surface area contributed by atoms with E-state index in [4.69, 9.17) is 0 Å². The molecular formula is C13H23N3O. The molecule has 4 heteroatoms. The van der Waals surface area contributed by atoms with Crippen LogP contribution in [0.15, 0.2) is 6.20 Å². The molecule has 0 amide bonds. The first kappa shape index (κ1) is 12.6. The SMILES string of the molecule is Cc1c(C(C)NCC2(O)CCCC2)cnn1C. The Bertz CT molecular complexity index is 380. The molecule has 1 fully saturated rings. The molecule has 2 N–H and O–H groups in total. The van der Waals surface area contributed by atoms with Gasteiger partial charge < -0.3 is 10.4 Å². The lowest BCUT2D eigenvalue weighted by Crippen LogP contribution is -2.39. The van der Waals surface area contributed by atoms with E-state index in [1.165, 1.54) is 11.3 Å². The molecule has 1 saturated carbocycles. The second-order valence-electron chi connectivity index (χ2n) is 5.34. The summed E-state index contributed by atoms with van der Waals surface area (Å²) < 4.78 is 1.89. The Morgan fingerprint density at radius 3 is 2.71 bits per heavy atom. The van der Waals surface area contributed by atoms with Crippen LogP contribution >= 0.6 is 0 Å². The monoisotopic (exact) mass is 237 g/mol. The molecule has 0 bridgehead atoms. The molecule has 4 nitrogen and oxygen atoms in total. The molecule has 1 atom stereocenters. The van der Waals surface area contributed by atoms with Gasteiger partial charge in [0, 0.05) is 30.9 Å². The van der Waals surface area contributed by atoms with Gasteiger partial charge in [-0.15, -0.1) is 0 Å². The lowest BCUT2D eigenvalue weighted by molar-refractivity contribution is 0.0453. The first-order valence-electron chi connectivity index (χ1n) is 6.46. The summed E-state index contributed by atoms with van der Waals surface area (Å²) in [5, 5.41) is 18.0. The van der Waals surface area contributed by atoms with Crippen LogP contribution in [0.25, 0.3) is 0 Å². The van der Waals surface area contributed by atoms with Crippen molar-refractivity contribution in [1.29, 1.82) is 0 Å². The predicted octanol–water partition coefficient (Wildman–Crippen LogP) is 1.68. The van der Waals surface area contributed by atoms with Gasteiger partial charge in [0.15, 0.2) is 0 Å². The highest BCUT2D eigenvalue weighted by Crippen LogP contribution is 2.29. The van der Waals surface area contributed by atoms with E-state index >= 15 is 0 Å². The van der Waals surface area contributed by atoms with Gasteiger partial charge in [-0.2, -0.15) is 5.10 Å². The van der Waals surface area contributed by atoms with E-state index < -0.39 is 5.60 Å². The van der Waals surface area contributed by atoms with Crippen LogP contribution in [0.4, 0.5) is 0 Å². The van der Waals surface area contributed by atoms with E-state index in [9.17, 15) is 5.11 Å². The second-order valence-corrected chi connectivity index (χ2v) is 5.34. The molecule has 0 spiro atoms. The Kier molecular flexibility index (Phi) is 3.54. The quantitative estimate of drug-likeness (QED) is 0.837. The first-order valence-corrected chi connectivity index (χ1v) is 6.46. The van der Waals surface area contributed by atoms with Crippen LogP contribution in [0.1, 0.15) is 49.9 Å². The minimum absolute atomic E-state index is 0.244. The van der Waals surface area contributed by atoms with Gasteiger partial charge in [0.1, 0.15) is 0 Å². The molecule has 1 heterocycles. The standard InChI is InChI=1S/C13H23N3O/c1-10(12-8-15-16(3)11(12)2)14-9-13(17)6-4-5-7-13/h8,10,14,17H,4-7,9H2,1-3H3. The van der Waals surface area contributed by atoms with E-state index in [1.807, 2.05) is 17.9 Å². The molecule has 2 rings (SSSR count).